The Labute approximate surface area is 223 Å². The number of aryl methyl sites for hydroxylation is 1. The summed E-state index contributed by atoms with van der Waals surface area (Å²) in [5.74, 6) is -3.49. The predicted molar refractivity (Wildman–Crippen MR) is 143 cm³/mol. The molecule has 9 heteroatoms. The molecule has 0 saturated carbocycles. The van der Waals surface area contributed by atoms with Gasteiger partial charge in [-0.15, -0.1) is 11.3 Å². The highest BCUT2D eigenvalue weighted by Crippen LogP contribution is 2.50. The fourth-order valence-corrected chi connectivity index (χ4v) is 6.30. The van der Waals surface area contributed by atoms with Gasteiger partial charge in [-0.05, 0) is 49.4 Å². The molecule has 0 radical (unpaired) electrons. The van der Waals surface area contributed by atoms with Crippen LogP contribution >= 0.6 is 11.3 Å². The maximum Gasteiger partial charge on any atom is 0.317 e. The zero-order chi connectivity index (χ0) is 27.0. The molecule has 3 atom stereocenters. The van der Waals surface area contributed by atoms with Crippen LogP contribution in [0.2, 0.25) is 0 Å². The van der Waals surface area contributed by atoms with Gasteiger partial charge in [0.15, 0.2) is 5.78 Å². The quantitative estimate of drug-likeness (QED) is 0.176. The van der Waals surface area contributed by atoms with Crippen molar-refractivity contribution in [1.29, 1.82) is 0 Å². The standard InChI is InChI=1S/C29H26N2O6S/c1-3-37-29(34)27-22(24-8-5-13-38-24)15-23-26(28(27)33)21(18-6-4-7-20(14-18)31(35)36)16-25(32)30(23)19-11-9-17(2)10-12-19/h4-14,21-22,27H,3,15-16H2,1-2H3/t21-,22+,27-/m0/s1. The van der Waals surface area contributed by atoms with Gasteiger partial charge in [0.1, 0.15) is 5.92 Å². The lowest BCUT2D eigenvalue weighted by Gasteiger charge is -2.42. The number of thiophene rings is 1. The molecule has 0 N–H and O–H groups in total. The lowest BCUT2D eigenvalue weighted by atomic mass is 9.69. The molecule has 0 unspecified atom stereocenters. The maximum absolute atomic E-state index is 14.3. The summed E-state index contributed by atoms with van der Waals surface area (Å²) in [6.45, 7) is 3.78. The molecule has 0 bridgehead atoms. The Bertz CT molecular complexity index is 1440. The first kappa shape index (κ1) is 25.5. The van der Waals surface area contributed by atoms with E-state index in [4.69, 9.17) is 4.74 Å². The van der Waals surface area contributed by atoms with E-state index in [1.165, 1.54) is 23.5 Å². The van der Waals surface area contributed by atoms with Crippen molar-refractivity contribution in [2.24, 2.45) is 5.92 Å². The number of carbonyl (C=O) groups excluding carboxylic acids is 3. The number of nitrogens with zero attached hydrogens (tertiary/aromatic N) is 2. The number of non-ortho nitro benzene ring substituents is 1. The fourth-order valence-electron chi connectivity index (χ4n) is 5.44. The van der Waals surface area contributed by atoms with Gasteiger partial charge in [-0.2, -0.15) is 0 Å². The first-order valence-corrected chi connectivity index (χ1v) is 13.3. The molecule has 2 aromatic carbocycles. The van der Waals surface area contributed by atoms with Gasteiger partial charge in [0, 0.05) is 52.2 Å². The second-order valence-electron chi connectivity index (χ2n) is 9.45. The summed E-state index contributed by atoms with van der Waals surface area (Å²) in [7, 11) is 0. The van der Waals surface area contributed by atoms with Crippen LogP contribution in [0.3, 0.4) is 0 Å². The molecule has 3 aromatic rings. The van der Waals surface area contributed by atoms with Crippen molar-refractivity contribution in [2.75, 3.05) is 11.5 Å². The average molecular weight is 531 g/mol. The largest absolute Gasteiger partial charge is 0.465 e. The number of benzene rings is 2. The summed E-state index contributed by atoms with van der Waals surface area (Å²) in [4.78, 5) is 54.6. The molecule has 8 nitrogen and oxygen atoms in total. The lowest BCUT2D eigenvalue weighted by molar-refractivity contribution is -0.384. The van der Waals surface area contributed by atoms with Crippen LogP contribution < -0.4 is 4.90 Å². The molecule has 1 aliphatic carbocycles. The molecule has 1 aliphatic heterocycles. The van der Waals surface area contributed by atoms with Crippen LogP contribution in [0.15, 0.2) is 77.3 Å². The van der Waals surface area contributed by atoms with E-state index in [0.29, 0.717) is 22.5 Å². The normalized spacial score (nSPS) is 21.3. The van der Waals surface area contributed by atoms with E-state index < -0.39 is 34.4 Å². The summed E-state index contributed by atoms with van der Waals surface area (Å²) in [6.07, 6.45) is 0.217. The van der Waals surface area contributed by atoms with E-state index >= 15 is 0 Å². The Hall–Kier alpha value is -4.11. The van der Waals surface area contributed by atoms with Gasteiger partial charge in [0.25, 0.3) is 5.69 Å². The summed E-state index contributed by atoms with van der Waals surface area (Å²) >= 11 is 1.45. The van der Waals surface area contributed by atoms with E-state index in [1.807, 2.05) is 48.7 Å². The second-order valence-corrected chi connectivity index (χ2v) is 10.4. The molecule has 0 saturated heterocycles. The van der Waals surface area contributed by atoms with Gasteiger partial charge < -0.3 is 4.74 Å². The number of hydrogen-bond acceptors (Lipinski definition) is 7. The van der Waals surface area contributed by atoms with Crippen molar-refractivity contribution in [3.8, 4) is 0 Å². The van der Waals surface area contributed by atoms with Crippen molar-refractivity contribution in [1.82, 2.24) is 0 Å². The van der Waals surface area contributed by atoms with Crippen LogP contribution in [-0.2, 0) is 19.1 Å². The molecular weight excluding hydrogens is 504 g/mol. The van der Waals surface area contributed by atoms with Gasteiger partial charge in [0.2, 0.25) is 5.91 Å². The third-order valence-corrected chi connectivity index (χ3v) is 8.15. The molecule has 194 valence electrons. The molecule has 5 rings (SSSR count). The summed E-state index contributed by atoms with van der Waals surface area (Å²) in [5, 5.41) is 13.4. The fraction of sp³-hybridized carbons (Fsp3) is 0.276. The van der Waals surface area contributed by atoms with Crippen molar-refractivity contribution in [3.63, 3.8) is 0 Å². The molecule has 2 aliphatic rings. The molecule has 0 spiro atoms. The number of rotatable bonds is 6. The van der Waals surface area contributed by atoms with Crippen LogP contribution in [0, 0.1) is 23.0 Å². The number of nitro benzene ring substituents is 1. The van der Waals surface area contributed by atoms with Gasteiger partial charge in [-0.3, -0.25) is 29.4 Å². The Balaban J connectivity index is 1.72. The summed E-state index contributed by atoms with van der Waals surface area (Å²) in [6, 6.07) is 17.3. The number of esters is 1. The Morgan fingerprint density at radius 1 is 1.11 bits per heavy atom. The average Bonchev–Trinajstić information content (AvgIpc) is 3.44. The van der Waals surface area contributed by atoms with Gasteiger partial charge in [-0.25, -0.2) is 0 Å². The number of ketones is 1. The highest BCUT2D eigenvalue weighted by molar-refractivity contribution is 7.10. The van der Waals surface area contributed by atoms with Gasteiger partial charge in [0.05, 0.1) is 11.5 Å². The number of anilines is 1. The number of ether oxygens (including phenoxy) is 1. The van der Waals surface area contributed by atoms with Crippen molar-refractivity contribution >= 4 is 40.4 Å². The molecule has 1 aromatic heterocycles. The van der Waals surface area contributed by atoms with Crippen molar-refractivity contribution in [3.05, 3.63) is 103 Å². The molecule has 0 fully saturated rings. The Morgan fingerprint density at radius 2 is 1.87 bits per heavy atom. The molecular formula is C29H26N2O6S. The molecule has 38 heavy (non-hydrogen) atoms. The van der Waals surface area contributed by atoms with E-state index in [-0.39, 0.29) is 31.0 Å². The summed E-state index contributed by atoms with van der Waals surface area (Å²) < 4.78 is 5.35. The number of hydrogen-bond donors (Lipinski definition) is 0. The van der Waals surface area contributed by atoms with Crippen LogP contribution in [0.1, 0.15) is 47.6 Å². The number of nitro groups is 1. The zero-order valence-corrected chi connectivity index (χ0v) is 21.8. The lowest BCUT2D eigenvalue weighted by Crippen LogP contribution is -2.46. The van der Waals surface area contributed by atoms with Crippen molar-refractivity contribution in [2.45, 2.75) is 38.5 Å². The topological polar surface area (TPSA) is 107 Å². The first-order chi connectivity index (χ1) is 18.3. The van der Waals surface area contributed by atoms with Gasteiger partial charge in [-0.1, -0.05) is 35.9 Å². The van der Waals surface area contributed by atoms with Crippen LogP contribution in [0.25, 0.3) is 0 Å². The Kier molecular flexibility index (Phi) is 6.94. The highest BCUT2D eigenvalue weighted by atomic mass is 32.1. The number of carbonyl (C=O) groups is 3. The summed E-state index contributed by atoms with van der Waals surface area (Å²) in [5.41, 5.74) is 2.91. The van der Waals surface area contributed by atoms with Crippen molar-refractivity contribution < 1.29 is 24.0 Å². The third-order valence-electron chi connectivity index (χ3n) is 7.15. The number of allylic oxidation sites excluding steroid dienone is 2. The molecule has 2 heterocycles. The number of amides is 1. The minimum atomic E-state index is -1.07. The smallest absolute Gasteiger partial charge is 0.317 e. The van der Waals surface area contributed by atoms with E-state index in [9.17, 15) is 24.5 Å². The zero-order valence-electron chi connectivity index (χ0n) is 21.0. The molecule has 1 amide bonds. The maximum atomic E-state index is 14.3. The first-order valence-electron chi connectivity index (χ1n) is 12.4. The van der Waals surface area contributed by atoms with E-state index in [2.05, 4.69) is 0 Å². The SMILES string of the molecule is CCOC(=O)[C@@H]1C(=O)C2=C(C[C@@H]1c1cccs1)N(c1ccc(C)cc1)C(=O)C[C@H]2c1cccc([N+](=O)[O-])c1. The Morgan fingerprint density at radius 3 is 2.53 bits per heavy atom. The van der Waals surface area contributed by atoms with Crippen LogP contribution in [0.4, 0.5) is 11.4 Å². The third kappa shape index (κ3) is 4.54. The minimum Gasteiger partial charge on any atom is -0.465 e. The van der Waals surface area contributed by atoms with Gasteiger partial charge >= 0.3 is 5.97 Å². The monoisotopic (exact) mass is 530 g/mol. The predicted octanol–water partition coefficient (Wildman–Crippen LogP) is 5.68. The van der Waals surface area contributed by atoms with Crippen LogP contribution in [0.5, 0.6) is 0 Å². The second kappa shape index (κ2) is 10.3. The van der Waals surface area contributed by atoms with Crippen LogP contribution in [-0.4, -0.2) is 29.2 Å². The number of Topliss-reactive ketones (excluding diaryl/α,β-unsaturated/α-hetero) is 1. The van der Waals surface area contributed by atoms with E-state index in [1.54, 1.807) is 24.0 Å². The highest BCUT2D eigenvalue weighted by Gasteiger charge is 2.50. The minimum absolute atomic E-state index is 0.0567. The van der Waals surface area contributed by atoms with E-state index in [0.717, 1.165) is 10.4 Å².